The molecule has 0 saturated carbocycles. The van der Waals surface area contributed by atoms with E-state index in [2.05, 4.69) is 4.74 Å². The van der Waals surface area contributed by atoms with E-state index in [0.717, 1.165) is 6.26 Å². The lowest BCUT2D eigenvalue weighted by molar-refractivity contribution is -0.144. The second-order valence-corrected chi connectivity index (χ2v) is 5.25. The van der Waals surface area contributed by atoms with Gasteiger partial charge in [0.25, 0.3) is 0 Å². The van der Waals surface area contributed by atoms with Gasteiger partial charge in [-0.3, -0.25) is 4.79 Å². The van der Waals surface area contributed by atoms with Crippen molar-refractivity contribution in [1.29, 1.82) is 0 Å². The number of carbonyl (C=O) groups is 1. The standard InChI is InChI=1S/C7H14O4S/c1-5(7(8)11-3)6(2)12(4,9)10/h5-6H,1-4H3. The summed E-state index contributed by atoms with van der Waals surface area (Å²) in [5.41, 5.74) is 0. The van der Waals surface area contributed by atoms with Gasteiger partial charge in [-0.2, -0.15) is 0 Å². The average molecular weight is 194 g/mol. The summed E-state index contributed by atoms with van der Waals surface area (Å²) in [5.74, 6) is -1.10. The molecule has 5 heteroatoms. The zero-order valence-corrected chi connectivity index (χ0v) is 8.51. The minimum atomic E-state index is -3.16. The van der Waals surface area contributed by atoms with Crippen LogP contribution in [0.5, 0.6) is 0 Å². The molecule has 4 nitrogen and oxygen atoms in total. The largest absolute Gasteiger partial charge is 0.469 e. The van der Waals surface area contributed by atoms with Gasteiger partial charge in [0.2, 0.25) is 0 Å². The van der Waals surface area contributed by atoms with Crippen molar-refractivity contribution in [2.45, 2.75) is 19.1 Å². The van der Waals surface area contributed by atoms with Crippen molar-refractivity contribution in [2.24, 2.45) is 5.92 Å². The lowest BCUT2D eigenvalue weighted by Crippen LogP contribution is -2.30. The molecule has 72 valence electrons. The van der Waals surface area contributed by atoms with E-state index in [0.29, 0.717) is 0 Å². The Morgan fingerprint density at radius 2 is 1.75 bits per heavy atom. The van der Waals surface area contributed by atoms with Crippen LogP contribution in [0.2, 0.25) is 0 Å². The maximum absolute atomic E-state index is 11.0. The number of hydrogen-bond acceptors (Lipinski definition) is 4. The van der Waals surface area contributed by atoms with E-state index >= 15 is 0 Å². The molecule has 2 atom stereocenters. The second-order valence-electron chi connectivity index (χ2n) is 2.85. The SMILES string of the molecule is COC(=O)C(C)C(C)S(C)(=O)=O. The van der Waals surface area contributed by atoms with Crippen molar-refractivity contribution in [1.82, 2.24) is 0 Å². The number of ether oxygens (including phenoxy) is 1. The van der Waals surface area contributed by atoms with Crippen molar-refractivity contribution < 1.29 is 17.9 Å². The molecule has 0 bridgehead atoms. The van der Waals surface area contributed by atoms with Crippen LogP contribution in [0.4, 0.5) is 0 Å². The molecule has 0 aliphatic rings. The minimum absolute atomic E-state index is 0.493. The lowest BCUT2D eigenvalue weighted by Gasteiger charge is -2.15. The van der Waals surface area contributed by atoms with Crippen LogP contribution in [0.1, 0.15) is 13.8 Å². The third-order valence-corrected chi connectivity index (χ3v) is 3.71. The molecular weight excluding hydrogens is 180 g/mol. The van der Waals surface area contributed by atoms with Crippen LogP contribution < -0.4 is 0 Å². The van der Waals surface area contributed by atoms with Crippen LogP contribution >= 0.6 is 0 Å². The fourth-order valence-electron chi connectivity index (χ4n) is 0.748. The first kappa shape index (κ1) is 11.4. The van der Waals surface area contributed by atoms with Crippen LogP contribution in [0.15, 0.2) is 0 Å². The van der Waals surface area contributed by atoms with Crippen molar-refractivity contribution in [3.05, 3.63) is 0 Å². The molecule has 0 saturated heterocycles. The molecular formula is C7H14O4S. The van der Waals surface area contributed by atoms with E-state index in [-0.39, 0.29) is 0 Å². The van der Waals surface area contributed by atoms with Gasteiger partial charge in [0, 0.05) is 6.26 Å². The van der Waals surface area contributed by atoms with Crippen molar-refractivity contribution >= 4 is 15.8 Å². The summed E-state index contributed by atoms with van der Waals surface area (Å²) >= 11 is 0. The van der Waals surface area contributed by atoms with Crippen molar-refractivity contribution in [3.63, 3.8) is 0 Å². The third-order valence-electron chi connectivity index (χ3n) is 1.95. The molecule has 0 fully saturated rings. The Kier molecular flexibility index (Phi) is 3.70. The van der Waals surface area contributed by atoms with Gasteiger partial charge in [-0.05, 0) is 6.92 Å². The zero-order chi connectivity index (χ0) is 9.94. The highest BCUT2D eigenvalue weighted by atomic mass is 32.2. The number of sulfone groups is 1. The van der Waals surface area contributed by atoms with Gasteiger partial charge in [0.1, 0.15) is 0 Å². The Bertz CT molecular complexity index is 255. The maximum atomic E-state index is 11.0. The van der Waals surface area contributed by atoms with Gasteiger partial charge in [-0.15, -0.1) is 0 Å². The van der Waals surface area contributed by atoms with E-state index < -0.39 is 27.0 Å². The monoisotopic (exact) mass is 194 g/mol. The highest BCUT2D eigenvalue weighted by molar-refractivity contribution is 7.91. The normalized spacial score (nSPS) is 16.7. The van der Waals surface area contributed by atoms with Gasteiger partial charge in [-0.1, -0.05) is 6.92 Å². The maximum Gasteiger partial charge on any atom is 0.309 e. The van der Waals surface area contributed by atoms with Crippen LogP contribution in [0, 0.1) is 5.92 Å². The van der Waals surface area contributed by atoms with Crippen LogP contribution in [0.3, 0.4) is 0 Å². The molecule has 0 N–H and O–H groups in total. The smallest absolute Gasteiger partial charge is 0.309 e. The Hall–Kier alpha value is -0.580. The third kappa shape index (κ3) is 2.81. The fraction of sp³-hybridized carbons (Fsp3) is 0.857. The molecule has 0 aromatic carbocycles. The number of carbonyl (C=O) groups excluding carboxylic acids is 1. The van der Waals surface area contributed by atoms with E-state index in [4.69, 9.17) is 0 Å². The molecule has 0 aliphatic heterocycles. The van der Waals surface area contributed by atoms with Crippen LogP contribution in [-0.4, -0.2) is 33.0 Å². The minimum Gasteiger partial charge on any atom is -0.469 e. The Morgan fingerprint density at radius 3 is 2.00 bits per heavy atom. The van der Waals surface area contributed by atoms with Crippen molar-refractivity contribution in [2.75, 3.05) is 13.4 Å². The first-order valence-corrected chi connectivity index (χ1v) is 5.53. The summed E-state index contributed by atoms with van der Waals surface area (Å²) in [6.45, 7) is 3.04. The van der Waals surface area contributed by atoms with E-state index in [9.17, 15) is 13.2 Å². The highest BCUT2D eigenvalue weighted by Crippen LogP contribution is 2.12. The van der Waals surface area contributed by atoms with Crippen LogP contribution in [0.25, 0.3) is 0 Å². The highest BCUT2D eigenvalue weighted by Gasteiger charge is 2.28. The lowest BCUT2D eigenvalue weighted by atomic mass is 10.1. The van der Waals surface area contributed by atoms with Gasteiger partial charge in [-0.25, -0.2) is 8.42 Å². The molecule has 0 aliphatic carbocycles. The van der Waals surface area contributed by atoms with E-state index in [1.807, 2.05) is 0 Å². The Morgan fingerprint density at radius 1 is 1.33 bits per heavy atom. The predicted molar refractivity (Wildman–Crippen MR) is 45.5 cm³/mol. The number of esters is 1. The molecule has 0 rings (SSSR count). The summed E-state index contributed by atoms with van der Waals surface area (Å²) in [6.07, 6.45) is 1.11. The summed E-state index contributed by atoms with van der Waals surface area (Å²) in [6, 6.07) is 0. The first-order valence-electron chi connectivity index (χ1n) is 3.57. The van der Waals surface area contributed by atoms with Crippen LogP contribution in [-0.2, 0) is 19.4 Å². The molecule has 0 spiro atoms. The fourth-order valence-corrected chi connectivity index (χ4v) is 1.60. The molecule has 0 amide bonds. The second kappa shape index (κ2) is 3.89. The molecule has 0 radical (unpaired) electrons. The Balaban J connectivity index is 4.51. The average Bonchev–Trinajstić information content (AvgIpc) is 1.98. The summed E-state index contributed by atoms with van der Waals surface area (Å²) < 4.78 is 26.4. The molecule has 0 aromatic rings. The number of methoxy groups -OCH3 is 1. The first-order chi connectivity index (χ1) is 5.30. The quantitative estimate of drug-likeness (QED) is 0.603. The molecule has 12 heavy (non-hydrogen) atoms. The van der Waals surface area contributed by atoms with Gasteiger partial charge >= 0.3 is 5.97 Å². The summed E-state index contributed by atoms with van der Waals surface area (Å²) in [5, 5.41) is -0.690. The van der Waals surface area contributed by atoms with Gasteiger partial charge in [0.15, 0.2) is 9.84 Å². The van der Waals surface area contributed by atoms with E-state index in [1.54, 1.807) is 0 Å². The number of hydrogen-bond donors (Lipinski definition) is 0. The van der Waals surface area contributed by atoms with Gasteiger partial charge < -0.3 is 4.74 Å². The summed E-state index contributed by atoms with van der Waals surface area (Å²) in [7, 11) is -1.91. The molecule has 0 aromatic heterocycles. The Labute approximate surface area is 72.8 Å². The van der Waals surface area contributed by atoms with E-state index in [1.165, 1.54) is 21.0 Å². The molecule has 2 unspecified atom stereocenters. The number of rotatable bonds is 3. The van der Waals surface area contributed by atoms with Crippen molar-refractivity contribution in [3.8, 4) is 0 Å². The van der Waals surface area contributed by atoms with Gasteiger partial charge in [0.05, 0.1) is 18.3 Å². The summed E-state index contributed by atoms with van der Waals surface area (Å²) in [4.78, 5) is 10.9. The molecule has 0 heterocycles. The topological polar surface area (TPSA) is 60.4 Å². The predicted octanol–water partition coefficient (Wildman–Crippen LogP) is 0.229. The zero-order valence-electron chi connectivity index (χ0n) is 7.70.